The van der Waals surface area contributed by atoms with Crippen LogP contribution >= 0.6 is 0 Å². The summed E-state index contributed by atoms with van der Waals surface area (Å²) in [5.74, 6) is 0.996. The Kier molecular flexibility index (Phi) is 2.74. The normalized spacial score (nSPS) is 25.2. The van der Waals surface area contributed by atoms with Crippen LogP contribution in [0.2, 0.25) is 0 Å². The van der Waals surface area contributed by atoms with Gasteiger partial charge in [-0.05, 0) is 18.8 Å². The fourth-order valence-electron chi connectivity index (χ4n) is 1.62. The molecule has 0 unspecified atom stereocenters. The molecule has 3 nitrogen and oxygen atoms in total. The molecular formula is C8H17N3. The lowest BCUT2D eigenvalue weighted by atomic mass is 9.96. The van der Waals surface area contributed by atoms with Crippen molar-refractivity contribution in [2.24, 2.45) is 11.7 Å². The monoisotopic (exact) mass is 155 g/mol. The molecule has 0 spiro atoms. The van der Waals surface area contributed by atoms with Gasteiger partial charge in [0, 0.05) is 13.1 Å². The molecule has 0 amide bonds. The number of nitrogens with one attached hydrogen (secondary N) is 1. The highest BCUT2D eigenvalue weighted by atomic mass is 15.2. The van der Waals surface area contributed by atoms with Crippen molar-refractivity contribution in [3.05, 3.63) is 0 Å². The van der Waals surface area contributed by atoms with E-state index in [1.807, 2.05) is 4.90 Å². The highest BCUT2D eigenvalue weighted by molar-refractivity contribution is 5.74. The van der Waals surface area contributed by atoms with E-state index in [0.717, 1.165) is 19.0 Å². The molecule has 64 valence electrons. The molecule has 0 aliphatic carbocycles. The van der Waals surface area contributed by atoms with Crippen molar-refractivity contribution in [2.45, 2.75) is 26.2 Å². The molecule has 1 atom stereocenters. The SMILES string of the molecule is CC[C@@H]1CCCN(C(=N)N)C1. The van der Waals surface area contributed by atoms with Gasteiger partial charge in [-0.2, -0.15) is 0 Å². The van der Waals surface area contributed by atoms with Gasteiger partial charge in [-0.15, -0.1) is 0 Å². The molecule has 0 aromatic rings. The van der Waals surface area contributed by atoms with Gasteiger partial charge in [0.2, 0.25) is 0 Å². The third-order valence-corrected chi connectivity index (χ3v) is 2.44. The number of likely N-dealkylation sites (tertiary alicyclic amines) is 1. The predicted octanol–water partition coefficient (Wildman–Crippen LogP) is 1.00. The molecule has 0 aromatic carbocycles. The summed E-state index contributed by atoms with van der Waals surface area (Å²) in [7, 11) is 0. The van der Waals surface area contributed by atoms with Crippen LogP contribution in [0.5, 0.6) is 0 Å². The summed E-state index contributed by atoms with van der Waals surface area (Å²) >= 11 is 0. The van der Waals surface area contributed by atoms with Crippen LogP contribution in [0.25, 0.3) is 0 Å². The summed E-state index contributed by atoms with van der Waals surface area (Å²) < 4.78 is 0. The van der Waals surface area contributed by atoms with E-state index in [9.17, 15) is 0 Å². The minimum absolute atomic E-state index is 0.239. The Hall–Kier alpha value is -0.730. The number of piperidine rings is 1. The van der Waals surface area contributed by atoms with Crippen molar-refractivity contribution in [3.63, 3.8) is 0 Å². The number of hydrogen-bond acceptors (Lipinski definition) is 1. The van der Waals surface area contributed by atoms with E-state index in [-0.39, 0.29) is 5.96 Å². The van der Waals surface area contributed by atoms with Gasteiger partial charge in [0.05, 0.1) is 0 Å². The van der Waals surface area contributed by atoms with Crippen LogP contribution < -0.4 is 5.73 Å². The third-order valence-electron chi connectivity index (χ3n) is 2.44. The lowest BCUT2D eigenvalue weighted by Crippen LogP contribution is -2.43. The standard InChI is InChI=1S/C8H17N3/c1-2-7-4-3-5-11(6-7)8(9)10/h7H,2-6H2,1H3,(H3,9,10)/t7-/m1/s1. The zero-order valence-corrected chi connectivity index (χ0v) is 7.14. The second kappa shape index (κ2) is 3.60. The largest absolute Gasteiger partial charge is 0.370 e. The Labute approximate surface area is 68.1 Å². The van der Waals surface area contributed by atoms with Gasteiger partial charge in [0.25, 0.3) is 0 Å². The second-order valence-electron chi connectivity index (χ2n) is 3.25. The molecule has 1 aliphatic rings. The van der Waals surface area contributed by atoms with Gasteiger partial charge in [-0.3, -0.25) is 5.41 Å². The Bertz CT molecular complexity index is 144. The smallest absolute Gasteiger partial charge is 0.188 e. The van der Waals surface area contributed by atoms with Crippen molar-refractivity contribution in [1.29, 1.82) is 5.41 Å². The predicted molar refractivity (Wildman–Crippen MR) is 46.5 cm³/mol. The summed E-state index contributed by atoms with van der Waals surface area (Å²) in [6, 6.07) is 0. The van der Waals surface area contributed by atoms with Crippen LogP contribution in [-0.4, -0.2) is 23.9 Å². The number of nitrogens with two attached hydrogens (primary N) is 1. The molecule has 3 heteroatoms. The van der Waals surface area contributed by atoms with Gasteiger partial charge >= 0.3 is 0 Å². The maximum atomic E-state index is 7.26. The Balaban J connectivity index is 2.39. The highest BCUT2D eigenvalue weighted by Gasteiger charge is 2.18. The lowest BCUT2D eigenvalue weighted by Gasteiger charge is -2.32. The van der Waals surface area contributed by atoms with E-state index in [1.165, 1.54) is 19.3 Å². The van der Waals surface area contributed by atoms with Crippen LogP contribution in [-0.2, 0) is 0 Å². The maximum absolute atomic E-state index is 7.26. The lowest BCUT2D eigenvalue weighted by molar-refractivity contribution is 0.250. The average Bonchev–Trinajstić information content (AvgIpc) is 2.05. The number of hydrogen-bond donors (Lipinski definition) is 2. The van der Waals surface area contributed by atoms with E-state index < -0.39 is 0 Å². The van der Waals surface area contributed by atoms with Crippen molar-refractivity contribution >= 4 is 5.96 Å². The molecule has 1 rings (SSSR count). The van der Waals surface area contributed by atoms with E-state index in [4.69, 9.17) is 11.1 Å². The number of rotatable bonds is 1. The van der Waals surface area contributed by atoms with Crippen molar-refractivity contribution in [2.75, 3.05) is 13.1 Å². The molecule has 0 bridgehead atoms. The summed E-state index contributed by atoms with van der Waals surface area (Å²) in [6.07, 6.45) is 3.71. The van der Waals surface area contributed by atoms with Crippen LogP contribution in [0.3, 0.4) is 0 Å². The summed E-state index contributed by atoms with van der Waals surface area (Å²) in [5, 5.41) is 7.26. The first-order valence-electron chi connectivity index (χ1n) is 4.33. The average molecular weight is 155 g/mol. The minimum atomic E-state index is 0.239. The summed E-state index contributed by atoms with van der Waals surface area (Å²) in [4.78, 5) is 1.97. The molecular weight excluding hydrogens is 138 g/mol. The Morgan fingerprint density at radius 3 is 3.00 bits per heavy atom. The first-order chi connectivity index (χ1) is 5.24. The van der Waals surface area contributed by atoms with E-state index >= 15 is 0 Å². The number of guanidine groups is 1. The summed E-state index contributed by atoms with van der Waals surface area (Å²) in [6.45, 7) is 4.17. The quantitative estimate of drug-likeness (QED) is 0.438. The topological polar surface area (TPSA) is 53.1 Å². The van der Waals surface area contributed by atoms with Crippen molar-refractivity contribution in [1.82, 2.24) is 4.90 Å². The molecule has 1 fully saturated rings. The molecule has 0 aromatic heterocycles. The Morgan fingerprint density at radius 2 is 2.45 bits per heavy atom. The zero-order chi connectivity index (χ0) is 8.27. The molecule has 11 heavy (non-hydrogen) atoms. The van der Waals surface area contributed by atoms with Crippen LogP contribution in [0.4, 0.5) is 0 Å². The Morgan fingerprint density at radius 1 is 1.73 bits per heavy atom. The first kappa shape index (κ1) is 8.37. The van der Waals surface area contributed by atoms with Gasteiger partial charge in [0.15, 0.2) is 5.96 Å². The van der Waals surface area contributed by atoms with Crippen LogP contribution in [0.1, 0.15) is 26.2 Å². The van der Waals surface area contributed by atoms with Crippen LogP contribution in [0.15, 0.2) is 0 Å². The van der Waals surface area contributed by atoms with Gasteiger partial charge in [0.1, 0.15) is 0 Å². The fourth-order valence-corrected chi connectivity index (χ4v) is 1.62. The number of nitrogens with zero attached hydrogens (tertiary/aromatic N) is 1. The van der Waals surface area contributed by atoms with E-state index in [2.05, 4.69) is 6.92 Å². The molecule has 1 aliphatic heterocycles. The minimum Gasteiger partial charge on any atom is -0.370 e. The molecule has 1 saturated heterocycles. The zero-order valence-electron chi connectivity index (χ0n) is 7.14. The molecule has 0 radical (unpaired) electrons. The van der Waals surface area contributed by atoms with E-state index in [1.54, 1.807) is 0 Å². The molecule has 0 saturated carbocycles. The molecule has 3 N–H and O–H groups in total. The third kappa shape index (κ3) is 2.10. The fraction of sp³-hybridized carbons (Fsp3) is 0.875. The van der Waals surface area contributed by atoms with Gasteiger partial charge in [-0.1, -0.05) is 13.3 Å². The first-order valence-corrected chi connectivity index (χ1v) is 4.33. The summed E-state index contributed by atoms with van der Waals surface area (Å²) in [5.41, 5.74) is 5.39. The van der Waals surface area contributed by atoms with Gasteiger partial charge < -0.3 is 10.6 Å². The van der Waals surface area contributed by atoms with Crippen molar-refractivity contribution in [3.8, 4) is 0 Å². The second-order valence-corrected chi connectivity index (χ2v) is 3.25. The van der Waals surface area contributed by atoms with Crippen molar-refractivity contribution < 1.29 is 0 Å². The van der Waals surface area contributed by atoms with Crippen LogP contribution in [0, 0.1) is 11.3 Å². The van der Waals surface area contributed by atoms with Gasteiger partial charge in [-0.25, -0.2) is 0 Å². The highest BCUT2D eigenvalue weighted by Crippen LogP contribution is 2.18. The maximum Gasteiger partial charge on any atom is 0.188 e. The molecule has 1 heterocycles. The van der Waals surface area contributed by atoms with E-state index in [0.29, 0.717) is 0 Å².